The molecule has 0 N–H and O–H groups in total. The van der Waals surface area contributed by atoms with E-state index in [1.165, 1.54) is 13.3 Å². The first-order valence-corrected chi connectivity index (χ1v) is 3.80. The molecule has 1 aromatic rings. The lowest BCUT2D eigenvalue weighted by Gasteiger charge is -2.03. The number of pyridine rings is 1. The van der Waals surface area contributed by atoms with Crippen molar-refractivity contribution >= 4 is 15.9 Å². The molecule has 0 aliphatic rings. The number of hydrogen-bond donors (Lipinski definition) is 0. The second-order valence-corrected chi connectivity index (χ2v) is 2.91. The molecule has 0 unspecified atom stereocenters. The zero-order chi connectivity index (χ0) is 8.43. The highest BCUT2D eigenvalue weighted by Crippen LogP contribution is 2.23. The molecule has 0 atom stereocenters. The highest BCUT2D eigenvalue weighted by molar-refractivity contribution is 9.10. The van der Waals surface area contributed by atoms with Gasteiger partial charge in [0.1, 0.15) is 0 Å². The van der Waals surface area contributed by atoms with E-state index in [0.717, 1.165) is 0 Å². The molecule has 0 saturated heterocycles. The number of hydrogen-bond acceptors (Lipinski definition) is 2. The maximum absolute atomic E-state index is 13.0. The Kier molecular flexibility index (Phi) is 2.44. The van der Waals surface area contributed by atoms with Crippen molar-refractivity contribution in [1.29, 1.82) is 0 Å². The van der Waals surface area contributed by atoms with Gasteiger partial charge in [0, 0.05) is 16.2 Å². The van der Waals surface area contributed by atoms with Gasteiger partial charge in [0.25, 0.3) is 0 Å². The summed E-state index contributed by atoms with van der Waals surface area (Å²) in [5, 5.41) is 0. The van der Waals surface area contributed by atoms with Crippen molar-refractivity contribution < 1.29 is 9.13 Å². The van der Waals surface area contributed by atoms with Crippen LogP contribution in [0.15, 0.2) is 10.7 Å². The fraction of sp³-hybridized carbons (Fsp3) is 0.286. The summed E-state index contributed by atoms with van der Waals surface area (Å²) in [5.41, 5.74) is 0.511. The van der Waals surface area contributed by atoms with Crippen molar-refractivity contribution in [2.45, 2.75) is 6.92 Å². The van der Waals surface area contributed by atoms with E-state index in [1.54, 1.807) is 6.92 Å². The van der Waals surface area contributed by atoms with E-state index in [0.29, 0.717) is 10.0 Å². The van der Waals surface area contributed by atoms with Crippen LogP contribution in [0.3, 0.4) is 0 Å². The molecule has 0 spiro atoms. The fourth-order valence-electron chi connectivity index (χ4n) is 0.676. The minimum atomic E-state index is -0.415. The second kappa shape index (κ2) is 3.17. The average molecular weight is 220 g/mol. The molecule has 0 aromatic carbocycles. The highest BCUT2D eigenvalue weighted by atomic mass is 79.9. The Balaban J connectivity index is 3.25. The summed E-state index contributed by atoms with van der Waals surface area (Å²) in [5.74, 6) is -0.382. The van der Waals surface area contributed by atoms with Crippen molar-refractivity contribution in [3.8, 4) is 5.88 Å². The van der Waals surface area contributed by atoms with Gasteiger partial charge in [0.2, 0.25) is 5.88 Å². The van der Waals surface area contributed by atoms with Gasteiger partial charge in [0.15, 0.2) is 5.82 Å². The monoisotopic (exact) mass is 219 g/mol. The Labute approximate surface area is 72.5 Å². The average Bonchev–Trinajstić information content (AvgIpc) is 2.01. The molecule has 0 saturated carbocycles. The van der Waals surface area contributed by atoms with E-state index in [-0.39, 0.29) is 5.88 Å². The Hall–Kier alpha value is -0.640. The first kappa shape index (κ1) is 8.46. The van der Waals surface area contributed by atoms with Gasteiger partial charge in [-0.05, 0) is 22.9 Å². The van der Waals surface area contributed by atoms with E-state index in [9.17, 15) is 4.39 Å². The second-order valence-electron chi connectivity index (χ2n) is 2.05. The number of methoxy groups -OCH3 is 1. The summed E-state index contributed by atoms with van der Waals surface area (Å²) in [6.45, 7) is 1.66. The first-order chi connectivity index (χ1) is 5.16. The molecule has 0 fully saturated rings. The summed E-state index contributed by atoms with van der Waals surface area (Å²) >= 11 is 3.15. The van der Waals surface area contributed by atoms with Gasteiger partial charge in [-0.2, -0.15) is 0 Å². The predicted octanol–water partition coefficient (Wildman–Crippen LogP) is 2.30. The summed E-state index contributed by atoms with van der Waals surface area (Å²) < 4.78 is 18.4. The van der Waals surface area contributed by atoms with Crippen LogP contribution in [0.25, 0.3) is 0 Å². The number of rotatable bonds is 1. The largest absolute Gasteiger partial charge is 0.479 e. The SMILES string of the molecule is COc1ncc(Br)c(C)c1F. The predicted molar refractivity (Wildman–Crippen MR) is 43.2 cm³/mol. The van der Waals surface area contributed by atoms with Gasteiger partial charge in [-0.15, -0.1) is 0 Å². The molecular weight excluding hydrogens is 213 g/mol. The molecule has 2 nitrogen and oxygen atoms in total. The molecule has 0 aliphatic carbocycles. The van der Waals surface area contributed by atoms with Crippen molar-refractivity contribution in [3.05, 3.63) is 22.1 Å². The summed E-state index contributed by atoms with van der Waals surface area (Å²) in [7, 11) is 1.39. The van der Waals surface area contributed by atoms with Gasteiger partial charge in [-0.25, -0.2) is 9.37 Å². The van der Waals surface area contributed by atoms with Crippen LogP contribution < -0.4 is 4.74 Å². The molecule has 60 valence electrons. The highest BCUT2D eigenvalue weighted by Gasteiger charge is 2.08. The third-order valence-corrected chi connectivity index (χ3v) is 2.16. The number of halogens is 2. The third kappa shape index (κ3) is 1.50. The molecule has 0 aliphatic heterocycles. The molecule has 0 radical (unpaired) electrons. The molecular formula is C7H7BrFNO. The van der Waals surface area contributed by atoms with Crippen LogP contribution in [0.2, 0.25) is 0 Å². The molecule has 1 rings (SSSR count). The first-order valence-electron chi connectivity index (χ1n) is 3.01. The maximum atomic E-state index is 13.0. The zero-order valence-corrected chi connectivity index (χ0v) is 7.77. The minimum Gasteiger partial charge on any atom is -0.479 e. The normalized spacial score (nSPS) is 9.82. The Morgan fingerprint density at radius 1 is 1.64 bits per heavy atom. The minimum absolute atomic E-state index is 0.0331. The van der Waals surface area contributed by atoms with Crippen molar-refractivity contribution in [2.24, 2.45) is 0 Å². The van der Waals surface area contributed by atoms with Crippen LogP contribution >= 0.6 is 15.9 Å². The lowest BCUT2D eigenvalue weighted by molar-refractivity contribution is 0.367. The van der Waals surface area contributed by atoms with Crippen molar-refractivity contribution in [3.63, 3.8) is 0 Å². The molecule has 4 heteroatoms. The standard InChI is InChI=1S/C7H7BrFNO/c1-4-5(8)3-10-7(11-2)6(4)9/h3H,1-2H3. The quantitative estimate of drug-likeness (QED) is 0.724. The smallest absolute Gasteiger partial charge is 0.250 e. The molecule has 0 amide bonds. The summed E-state index contributed by atoms with van der Waals surface area (Å²) in [6, 6.07) is 0. The van der Waals surface area contributed by atoms with Gasteiger partial charge in [-0.1, -0.05) is 0 Å². The van der Waals surface area contributed by atoms with E-state index in [2.05, 4.69) is 25.7 Å². The molecule has 0 bridgehead atoms. The Morgan fingerprint density at radius 2 is 2.27 bits per heavy atom. The van der Waals surface area contributed by atoms with E-state index >= 15 is 0 Å². The van der Waals surface area contributed by atoms with Crippen LogP contribution in [0.1, 0.15) is 5.56 Å². The number of nitrogens with zero attached hydrogens (tertiary/aromatic N) is 1. The maximum Gasteiger partial charge on any atom is 0.250 e. The van der Waals surface area contributed by atoms with E-state index in [4.69, 9.17) is 0 Å². The van der Waals surface area contributed by atoms with Crippen molar-refractivity contribution in [1.82, 2.24) is 4.98 Å². The Morgan fingerprint density at radius 3 is 2.82 bits per heavy atom. The fourth-order valence-corrected chi connectivity index (χ4v) is 0.953. The Bertz CT molecular complexity index is 277. The van der Waals surface area contributed by atoms with Gasteiger partial charge in [-0.3, -0.25) is 0 Å². The third-order valence-electron chi connectivity index (χ3n) is 1.36. The number of aromatic nitrogens is 1. The van der Waals surface area contributed by atoms with Crippen LogP contribution in [0.5, 0.6) is 5.88 Å². The van der Waals surface area contributed by atoms with Gasteiger partial charge in [0.05, 0.1) is 7.11 Å². The van der Waals surface area contributed by atoms with Crippen LogP contribution in [-0.4, -0.2) is 12.1 Å². The summed E-state index contributed by atoms with van der Waals surface area (Å²) in [6.07, 6.45) is 1.51. The van der Waals surface area contributed by atoms with Crippen LogP contribution in [0, 0.1) is 12.7 Å². The van der Waals surface area contributed by atoms with Crippen molar-refractivity contribution in [2.75, 3.05) is 7.11 Å². The lowest BCUT2D eigenvalue weighted by Crippen LogP contribution is -1.94. The van der Waals surface area contributed by atoms with E-state index in [1.807, 2.05) is 0 Å². The summed E-state index contributed by atoms with van der Waals surface area (Å²) in [4.78, 5) is 3.71. The lowest BCUT2D eigenvalue weighted by atomic mass is 10.3. The zero-order valence-electron chi connectivity index (χ0n) is 6.19. The molecule has 11 heavy (non-hydrogen) atoms. The van der Waals surface area contributed by atoms with E-state index < -0.39 is 5.82 Å². The van der Waals surface area contributed by atoms with Crippen LogP contribution in [0.4, 0.5) is 4.39 Å². The topological polar surface area (TPSA) is 22.1 Å². The van der Waals surface area contributed by atoms with Gasteiger partial charge < -0.3 is 4.74 Å². The number of ether oxygens (including phenoxy) is 1. The van der Waals surface area contributed by atoms with Gasteiger partial charge >= 0.3 is 0 Å². The molecule has 1 aromatic heterocycles. The molecule has 1 heterocycles. The van der Waals surface area contributed by atoms with Crippen LogP contribution in [-0.2, 0) is 0 Å².